The first-order valence-corrected chi connectivity index (χ1v) is 8.52. The van der Waals surface area contributed by atoms with Crippen molar-refractivity contribution in [3.63, 3.8) is 0 Å². The van der Waals surface area contributed by atoms with Gasteiger partial charge in [0.25, 0.3) is 0 Å². The molecule has 23 heavy (non-hydrogen) atoms. The summed E-state index contributed by atoms with van der Waals surface area (Å²) in [5.74, 6) is 0.990. The molecule has 1 aliphatic carbocycles. The lowest BCUT2D eigenvalue weighted by atomic mass is 10.3. The van der Waals surface area contributed by atoms with Crippen LogP contribution in [-0.2, 0) is 4.79 Å². The minimum atomic E-state index is -0.138. The van der Waals surface area contributed by atoms with Crippen LogP contribution in [0.25, 0.3) is 0 Å². The van der Waals surface area contributed by atoms with Gasteiger partial charge >= 0.3 is 6.03 Å². The molecule has 5 nitrogen and oxygen atoms in total. The monoisotopic (exact) mass is 335 g/mol. The molecule has 2 fully saturated rings. The number of hydrogen-bond acceptors (Lipinski definition) is 2. The highest BCUT2D eigenvalue weighted by molar-refractivity contribution is 6.30. The van der Waals surface area contributed by atoms with Crippen LogP contribution in [0.15, 0.2) is 24.3 Å². The average Bonchev–Trinajstić information content (AvgIpc) is 3.28. The molecule has 1 aromatic rings. The van der Waals surface area contributed by atoms with Crippen LogP contribution in [0.2, 0.25) is 5.02 Å². The van der Waals surface area contributed by atoms with E-state index in [9.17, 15) is 9.59 Å². The second-order valence-electron chi connectivity index (χ2n) is 6.43. The molecule has 1 saturated carbocycles. The summed E-state index contributed by atoms with van der Waals surface area (Å²) >= 11 is 5.93. The summed E-state index contributed by atoms with van der Waals surface area (Å²) in [5.41, 5.74) is 0.687. The normalized spacial score (nSPS) is 24.1. The number of urea groups is 1. The lowest BCUT2D eigenvalue weighted by molar-refractivity contribution is -0.132. The van der Waals surface area contributed by atoms with Gasteiger partial charge in [0.05, 0.1) is 0 Å². The molecule has 1 heterocycles. The quantitative estimate of drug-likeness (QED) is 0.903. The van der Waals surface area contributed by atoms with E-state index in [-0.39, 0.29) is 17.9 Å². The van der Waals surface area contributed by atoms with Crippen LogP contribution in [0.4, 0.5) is 10.5 Å². The van der Waals surface area contributed by atoms with E-state index in [2.05, 4.69) is 12.2 Å². The Bertz CT molecular complexity index is 607. The molecule has 0 bridgehead atoms. The second-order valence-corrected chi connectivity index (χ2v) is 6.86. The van der Waals surface area contributed by atoms with Crippen LogP contribution in [0, 0.1) is 11.8 Å². The van der Waals surface area contributed by atoms with E-state index in [4.69, 9.17) is 11.6 Å². The summed E-state index contributed by atoms with van der Waals surface area (Å²) in [6.45, 7) is 4.70. The van der Waals surface area contributed by atoms with Gasteiger partial charge in [-0.15, -0.1) is 0 Å². The maximum atomic E-state index is 12.4. The Morgan fingerprint density at radius 1 is 1.17 bits per heavy atom. The lowest BCUT2D eigenvalue weighted by Crippen LogP contribution is -2.39. The highest BCUT2D eigenvalue weighted by Crippen LogP contribution is 2.39. The Kier molecular flexibility index (Phi) is 4.76. The minimum Gasteiger partial charge on any atom is -0.341 e. The fraction of sp³-hybridized carbons (Fsp3) is 0.529. The fourth-order valence-corrected chi connectivity index (χ4v) is 3.20. The number of anilines is 1. The molecular formula is C17H22ClN3O2. The van der Waals surface area contributed by atoms with Crippen molar-refractivity contribution in [2.75, 3.05) is 31.5 Å². The molecule has 0 radical (unpaired) electrons. The first kappa shape index (κ1) is 16.1. The van der Waals surface area contributed by atoms with Gasteiger partial charge in [-0.3, -0.25) is 4.79 Å². The molecule has 3 rings (SSSR count). The zero-order chi connectivity index (χ0) is 16.4. The third-order valence-electron chi connectivity index (χ3n) is 4.60. The van der Waals surface area contributed by atoms with Crippen LogP contribution in [0.5, 0.6) is 0 Å². The molecule has 1 aromatic carbocycles. The summed E-state index contributed by atoms with van der Waals surface area (Å²) in [6.07, 6.45) is 1.82. The summed E-state index contributed by atoms with van der Waals surface area (Å²) in [4.78, 5) is 28.4. The summed E-state index contributed by atoms with van der Waals surface area (Å²) in [7, 11) is 0. The molecule has 6 heteroatoms. The Labute approximate surface area is 141 Å². The van der Waals surface area contributed by atoms with Gasteiger partial charge < -0.3 is 15.1 Å². The zero-order valence-corrected chi connectivity index (χ0v) is 14.1. The Hall–Kier alpha value is -1.75. The maximum absolute atomic E-state index is 12.4. The van der Waals surface area contributed by atoms with Crippen molar-refractivity contribution < 1.29 is 9.59 Å². The van der Waals surface area contributed by atoms with Crippen molar-refractivity contribution in [2.24, 2.45) is 11.8 Å². The first-order valence-electron chi connectivity index (χ1n) is 8.15. The van der Waals surface area contributed by atoms with Gasteiger partial charge in [0, 0.05) is 42.8 Å². The SMILES string of the molecule is C[C@@H]1C[C@@H]1C(=O)N1CCCN(C(=O)Nc2cccc(Cl)c2)CC1. The maximum Gasteiger partial charge on any atom is 0.321 e. The smallest absolute Gasteiger partial charge is 0.321 e. The van der Waals surface area contributed by atoms with Crippen molar-refractivity contribution >= 4 is 29.2 Å². The highest BCUT2D eigenvalue weighted by atomic mass is 35.5. The number of amides is 3. The van der Waals surface area contributed by atoms with Gasteiger partial charge in [-0.05, 0) is 37.0 Å². The standard InChI is InChI=1S/C17H22ClN3O2/c1-12-10-15(12)16(22)20-6-3-7-21(9-8-20)17(23)19-14-5-2-4-13(18)11-14/h2,4-5,11-12,15H,3,6-10H2,1H3,(H,19,23)/t12-,15+/m1/s1. The van der Waals surface area contributed by atoms with E-state index in [1.165, 1.54) is 0 Å². The van der Waals surface area contributed by atoms with E-state index in [0.29, 0.717) is 36.3 Å². The second kappa shape index (κ2) is 6.79. The first-order chi connectivity index (χ1) is 11.0. The third-order valence-corrected chi connectivity index (χ3v) is 4.83. The summed E-state index contributed by atoms with van der Waals surface area (Å²) in [6, 6.07) is 6.97. The molecule has 124 valence electrons. The highest BCUT2D eigenvalue weighted by Gasteiger charge is 2.41. The molecule has 1 aliphatic heterocycles. The topological polar surface area (TPSA) is 52.7 Å². The minimum absolute atomic E-state index is 0.138. The zero-order valence-electron chi connectivity index (χ0n) is 13.3. The number of hydrogen-bond donors (Lipinski definition) is 1. The number of benzene rings is 1. The van der Waals surface area contributed by atoms with E-state index in [0.717, 1.165) is 19.4 Å². The fourth-order valence-electron chi connectivity index (χ4n) is 3.01. The average molecular weight is 336 g/mol. The van der Waals surface area contributed by atoms with Gasteiger partial charge in [-0.25, -0.2) is 4.79 Å². The van der Waals surface area contributed by atoms with E-state index >= 15 is 0 Å². The largest absolute Gasteiger partial charge is 0.341 e. The molecule has 0 aromatic heterocycles. The Morgan fingerprint density at radius 3 is 2.57 bits per heavy atom. The molecule has 0 unspecified atom stereocenters. The molecule has 1 N–H and O–H groups in total. The molecule has 3 amide bonds. The lowest BCUT2D eigenvalue weighted by Gasteiger charge is -2.22. The summed E-state index contributed by atoms with van der Waals surface area (Å²) in [5, 5.41) is 3.46. The van der Waals surface area contributed by atoms with Crippen LogP contribution < -0.4 is 5.32 Å². The van der Waals surface area contributed by atoms with Crippen LogP contribution in [0.1, 0.15) is 19.8 Å². The Balaban J connectivity index is 1.55. The third kappa shape index (κ3) is 3.96. The van der Waals surface area contributed by atoms with E-state index < -0.39 is 0 Å². The van der Waals surface area contributed by atoms with E-state index in [1.807, 2.05) is 11.0 Å². The number of carbonyl (C=O) groups excluding carboxylic acids is 2. The van der Waals surface area contributed by atoms with Gasteiger partial charge in [0.2, 0.25) is 5.91 Å². The molecular weight excluding hydrogens is 314 g/mol. The number of halogens is 1. The number of rotatable bonds is 2. The molecule has 2 atom stereocenters. The van der Waals surface area contributed by atoms with Crippen molar-refractivity contribution in [2.45, 2.75) is 19.8 Å². The van der Waals surface area contributed by atoms with Crippen molar-refractivity contribution in [1.82, 2.24) is 9.80 Å². The molecule has 0 spiro atoms. The molecule has 2 aliphatic rings. The van der Waals surface area contributed by atoms with Crippen molar-refractivity contribution in [1.29, 1.82) is 0 Å². The van der Waals surface area contributed by atoms with Crippen LogP contribution in [0.3, 0.4) is 0 Å². The predicted octanol–water partition coefficient (Wildman–Crippen LogP) is 3.06. The number of carbonyl (C=O) groups is 2. The number of nitrogens with one attached hydrogen (secondary N) is 1. The molecule has 1 saturated heterocycles. The van der Waals surface area contributed by atoms with Crippen LogP contribution >= 0.6 is 11.6 Å². The Morgan fingerprint density at radius 2 is 1.87 bits per heavy atom. The van der Waals surface area contributed by atoms with Gasteiger partial charge in [0.1, 0.15) is 0 Å². The number of nitrogens with zero attached hydrogens (tertiary/aromatic N) is 2. The van der Waals surface area contributed by atoms with Crippen molar-refractivity contribution in [3.05, 3.63) is 29.3 Å². The predicted molar refractivity (Wildman–Crippen MR) is 90.5 cm³/mol. The van der Waals surface area contributed by atoms with Gasteiger partial charge in [-0.2, -0.15) is 0 Å². The summed E-state index contributed by atoms with van der Waals surface area (Å²) < 4.78 is 0. The van der Waals surface area contributed by atoms with Crippen molar-refractivity contribution in [3.8, 4) is 0 Å². The van der Waals surface area contributed by atoms with Crippen LogP contribution in [-0.4, -0.2) is 47.9 Å². The van der Waals surface area contributed by atoms with Gasteiger partial charge in [-0.1, -0.05) is 24.6 Å². The van der Waals surface area contributed by atoms with E-state index in [1.54, 1.807) is 23.1 Å². The van der Waals surface area contributed by atoms with Gasteiger partial charge in [0.15, 0.2) is 0 Å².